The second-order valence-electron chi connectivity index (χ2n) is 4.39. The zero-order chi connectivity index (χ0) is 11.1. The molecule has 84 valence electrons. The minimum atomic E-state index is -0.495. The molecule has 1 aliphatic carbocycles. The van der Waals surface area contributed by atoms with Gasteiger partial charge in [-0.25, -0.2) is 4.79 Å². The van der Waals surface area contributed by atoms with Crippen LogP contribution in [0.3, 0.4) is 0 Å². The van der Waals surface area contributed by atoms with Gasteiger partial charge in [0.15, 0.2) is 5.82 Å². The van der Waals surface area contributed by atoms with Gasteiger partial charge in [0.05, 0.1) is 5.41 Å². The van der Waals surface area contributed by atoms with E-state index in [0.717, 1.165) is 19.3 Å². The van der Waals surface area contributed by atoms with Gasteiger partial charge in [-0.15, -0.1) is 0 Å². The fourth-order valence-electron chi connectivity index (χ4n) is 2.87. The molecule has 0 aliphatic heterocycles. The van der Waals surface area contributed by atoms with Crippen molar-refractivity contribution in [3.63, 3.8) is 0 Å². The van der Waals surface area contributed by atoms with Crippen molar-refractivity contribution in [2.24, 2.45) is 11.1 Å². The molecular formula is C10H17N3O2. The van der Waals surface area contributed by atoms with E-state index >= 15 is 0 Å². The molecule has 0 saturated heterocycles. The number of aromatic nitrogens is 2. The summed E-state index contributed by atoms with van der Waals surface area (Å²) in [6.45, 7) is 4.81. The highest BCUT2D eigenvalue weighted by Crippen LogP contribution is 2.67. The van der Waals surface area contributed by atoms with E-state index in [4.69, 9.17) is 5.73 Å². The molecule has 0 radical (unpaired) electrons. The SMILES string of the molecule is CCC1(CC)CC1(CN)c1noc(=O)[nH]1. The third kappa shape index (κ3) is 1.19. The van der Waals surface area contributed by atoms with Crippen LogP contribution in [-0.2, 0) is 5.41 Å². The Kier molecular flexibility index (Phi) is 2.22. The smallest absolute Gasteiger partial charge is 0.329 e. The Morgan fingerprint density at radius 2 is 2.20 bits per heavy atom. The predicted molar refractivity (Wildman–Crippen MR) is 55.5 cm³/mol. The van der Waals surface area contributed by atoms with Crippen LogP contribution in [-0.4, -0.2) is 16.7 Å². The molecule has 1 aromatic rings. The average molecular weight is 211 g/mol. The van der Waals surface area contributed by atoms with Crippen LogP contribution in [0.1, 0.15) is 38.9 Å². The molecule has 0 amide bonds. The van der Waals surface area contributed by atoms with Gasteiger partial charge >= 0.3 is 5.76 Å². The molecule has 1 saturated carbocycles. The summed E-state index contributed by atoms with van der Waals surface area (Å²) in [6.07, 6.45) is 3.09. The summed E-state index contributed by atoms with van der Waals surface area (Å²) in [5, 5.41) is 3.79. The number of nitrogens with one attached hydrogen (secondary N) is 1. The fraction of sp³-hybridized carbons (Fsp3) is 0.800. The number of hydrogen-bond acceptors (Lipinski definition) is 4. The van der Waals surface area contributed by atoms with Gasteiger partial charge in [-0.2, -0.15) is 0 Å². The van der Waals surface area contributed by atoms with Crippen molar-refractivity contribution in [2.45, 2.75) is 38.5 Å². The molecule has 0 bridgehead atoms. The van der Waals surface area contributed by atoms with E-state index < -0.39 is 5.76 Å². The monoisotopic (exact) mass is 211 g/mol. The molecule has 1 fully saturated rings. The summed E-state index contributed by atoms with van der Waals surface area (Å²) < 4.78 is 4.56. The van der Waals surface area contributed by atoms with Gasteiger partial charge < -0.3 is 5.73 Å². The van der Waals surface area contributed by atoms with Gasteiger partial charge in [0.2, 0.25) is 0 Å². The summed E-state index contributed by atoms with van der Waals surface area (Å²) in [6, 6.07) is 0. The van der Waals surface area contributed by atoms with Crippen molar-refractivity contribution in [1.82, 2.24) is 10.1 Å². The molecule has 2 rings (SSSR count). The first-order valence-corrected chi connectivity index (χ1v) is 5.40. The van der Waals surface area contributed by atoms with E-state index in [1.54, 1.807) is 0 Å². The predicted octanol–water partition coefficient (Wildman–Crippen LogP) is 0.770. The van der Waals surface area contributed by atoms with Gasteiger partial charge in [-0.3, -0.25) is 9.51 Å². The molecule has 1 aliphatic rings. The largest absolute Gasteiger partial charge is 0.438 e. The first kappa shape index (κ1) is 10.4. The lowest BCUT2D eigenvalue weighted by atomic mass is 9.87. The van der Waals surface area contributed by atoms with Crippen LogP contribution < -0.4 is 11.5 Å². The molecule has 1 atom stereocenters. The maximum Gasteiger partial charge on any atom is 0.438 e. The third-order valence-corrected chi connectivity index (χ3v) is 4.13. The van der Waals surface area contributed by atoms with Crippen LogP contribution in [0.2, 0.25) is 0 Å². The van der Waals surface area contributed by atoms with Crippen molar-refractivity contribution >= 4 is 0 Å². The Morgan fingerprint density at radius 3 is 2.53 bits per heavy atom. The summed E-state index contributed by atoms with van der Waals surface area (Å²) in [5.41, 5.74) is 5.87. The van der Waals surface area contributed by atoms with Gasteiger partial charge in [0.1, 0.15) is 0 Å². The van der Waals surface area contributed by atoms with Gasteiger partial charge in [0, 0.05) is 6.54 Å². The first-order chi connectivity index (χ1) is 7.14. The van der Waals surface area contributed by atoms with E-state index in [0.29, 0.717) is 12.4 Å². The Bertz CT molecular complexity index is 405. The second kappa shape index (κ2) is 3.20. The molecule has 15 heavy (non-hydrogen) atoms. The van der Waals surface area contributed by atoms with Crippen molar-refractivity contribution in [1.29, 1.82) is 0 Å². The highest BCUT2D eigenvalue weighted by atomic mass is 16.5. The molecule has 5 heteroatoms. The van der Waals surface area contributed by atoms with Crippen molar-refractivity contribution < 1.29 is 4.52 Å². The number of hydrogen-bond donors (Lipinski definition) is 2. The second-order valence-corrected chi connectivity index (χ2v) is 4.39. The zero-order valence-corrected chi connectivity index (χ0v) is 9.17. The topological polar surface area (TPSA) is 84.9 Å². The van der Waals surface area contributed by atoms with Crippen molar-refractivity contribution in [3.8, 4) is 0 Å². The lowest BCUT2D eigenvalue weighted by Gasteiger charge is -2.19. The molecule has 1 heterocycles. The summed E-state index contributed by atoms with van der Waals surface area (Å²) >= 11 is 0. The average Bonchev–Trinajstić information content (AvgIpc) is 2.76. The summed E-state index contributed by atoms with van der Waals surface area (Å²) in [5.74, 6) is 0.129. The van der Waals surface area contributed by atoms with E-state index in [2.05, 4.69) is 28.5 Å². The van der Waals surface area contributed by atoms with Crippen LogP contribution in [0.5, 0.6) is 0 Å². The zero-order valence-electron chi connectivity index (χ0n) is 9.17. The van der Waals surface area contributed by atoms with Crippen LogP contribution >= 0.6 is 0 Å². The molecule has 1 aromatic heterocycles. The van der Waals surface area contributed by atoms with Crippen LogP contribution in [0, 0.1) is 5.41 Å². The minimum absolute atomic E-state index is 0.164. The Labute approximate surface area is 88.0 Å². The summed E-state index contributed by atoms with van der Waals surface area (Å²) in [7, 11) is 0. The van der Waals surface area contributed by atoms with Crippen LogP contribution in [0.4, 0.5) is 0 Å². The standard InChI is InChI=1S/C10H17N3O2/c1-3-9(4-2)5-10(9,6-11)7-12-8(14)15-13-7/h3-6,11H2,1-2H3,(H,12,13,14). The number of H-pyrrole nitrogens is 1. The maximum atomic E-state index is 10.9. The van der Waals surface area contributed by atoms with Gasteiger partial charge in [-0.05, 0) is 24.7 Å². The van der Waals surface area contributed by atoms with Gasteiger partial charge in [-0.1, -0.05) is 19.0 Å². The van der Waals surface area contributed by atoms with Crippen molar-refractivity contribution in [3.05, 3.63) is 16.4 Å². The Hall–Kier alpha value is -1.10. The third-order valence-electron chi connectivity index (χ3n) is 4.13. The molecule has 3 N–H and O–H groups in total. The quantitative estimate of drug-likeness (QED) is 0.770. The van der Waals surface area contributed by atoms with Crippen molar-refractivity contribution in [2.75, 3.05) is 6.54 Å². The molecule has 5 nitrogen and oxygen atoms in total. The number of nitrogens with two attached hydrogens (primary N) is 1. The highest BCUT2D eigenvalue weighted by molar-refractivity contribution is 5.29. The normalized spacial score (nSPS) is 27.9. The molecule has 1 unspecified atom stereocenters. The number of nitrogens with zero attached hydrogens (tertiary/aromatic N) is 1. The fourth-order valence-corrected chi connectivity index (χ4v) is 2.87. The Morgan fingerprint density at radius 1 is 1.53 bits per heavy atom. The van der Waals surface area contributed by atoms with Gasteiger partial charge in [0.25, 0.3) is 0 Å². The van der Waals surface area contributed by atoms with E-state index in [9.17, 15) is 4.79 Å². The lowest BCUT2D eigenvalue weighted by molar-refractivity contribution is 0.347. The highest BCUT2D eigenvalue weighted by Gasteiger charge is 2.67. The summed E-state index contributed by atoms with van der Waals surface area (Å²) in [4.78, 5) is 13.6. The molecule has 0 spiro atoms. The Balaban J connectivity index is 2.38. The maximum absolute atomic E-state index is 10.9. The van der Waals surface area contributed by atoms with E-state index in [1.165, 1.54) is 0 Å². The van der Waals surface area contributed by atoms with E-state index in [-0.39, 0.29) is 10.8 Å². The van der Waals surface area contributed by atoms with Crippen LogP contribution in [0.15, 0.2) is 9.32 Å². The molecular weight excluding hydrogens is 194 g/mol. The van der Waals surface area contributed by atoms with Crippen LogP contribution in [0.25, 0.3) is 0 Å². The number of aromatic amines is 1. The molecule has 0 aromatic carbocycles. The lowest BCUT2D eigenvalue weighted by Crippen LogP contribution is -2.29. The minimum Gasteiger partial charge on any atom is -0.329 e. The van der Waals surface area contributed by atoms with E-state index in [1.807, 2.05) is 0 Å². The number of rotatable bonds is 4. The first-order valence-electron chi connectivity index (χ1n) is 5.40.